The Morgan fingerprint density at radius 1 is 0.469 bits per heavy atom. The first-order valence-electron chi connectivity index (χ1n) is 49.4. The van der Waals surface area contributed by atoms with E-state index in [9.17, 15) is 77.3 Å². The number of carboxylic acid groups (broad SMARTS) is 1. The van der Waals surface area contributed by atoms with Crippen molar-refractivity contribution in [3.63, 3.8) is 0 Å². The molecule has 3 saturated carbocycles. The van der Waals surface area contributed by atoms with E-state index in [0.717, 1.165) is 93.1 Å². The normalized spacial score (nSPS) is 28.0. The van der Waals surface area contributed by atoms with Crippen LogP contribution < -0.4 is 48.3 Å². The van der Waals surface area contributed by atoms with E-state index in [2.05, 4.69) is 108 Å². The fourth-order valence-corrected chi connectivity index (χ4v) is 19.2. The number of H-pyrrole nitrogens is 2. The Bertz CT molecular complexity index is 5390. The van der Waals surface area contributed by atoms with Gasteiger partial charge in [-0.05, 0) is 190 Å². The Kier molecular flexibility index (Phi) is 35.1. The number of alkyl carbamates (subject to hydrolysis) is 3. The molecule has 3 aliphatic carbocycles. The van der Waals surface area contributed by atoms with Crippen molar-refractivity contribution in [2.45, 2.75) is 331 Å². The van der Waals surface area contributed by atoms with Crippen molar-refractivity contribution in [3.8, 4) is 0 Å². The van der Waals surface area contributed by atoms with E-state index < -0.39 is 172 Å². The van der Waals surface area contributed by atoms with Gasteiger partial charge in [-0.3, -0.25) is 48.7 Å². The highest BCUT2D eigenvalue weighted by Gasteiger charge is 2.65. The number of ether oxygens (including phenoxy) is 6. The van der Waals surface area contributed by atoms with Crippen LogP contribution in [-0.4, -0.2) is 274 Å². The Balaban J connectivity index is 0.000000168. The van der Waals surface area contributed by atoms with Crippen LogP contribution in [0.15, 0.2) is 109 Å². The zero-order valence-corrected chi connectivity index (χ0v) is 82.8. The van der Waals surface area contributed by atoms with Gasteiger partial charge in [-0.25, -0.2) is 33.6 Å². The lowest BCUT2D eigenvalue weighted by atomic mass is 10.0. The topological polar surface area (TPSA) is 582 Å². The van der Waals surface area contributed by atoms with E-state index in [0.29, 0.717) is 77.5 Å². The van der Waals surface area contributed by atoms with E-state index in [1.165, 1.54) is 25.8 Å². The Morgan fingerprint density at radius 2 is 0.832 bits per heavy atom. The average Bonchev–Trinajstić information content (AvgIpc) is 1.58. The summed E-state index contributed by atoms with van der Waals surface area (Å²) in [6.45, 7) is 21.0. The molecular weight excluding hydrogens is 1850 g/mol. The highest BCUT2D eigenvalue weighted by atomic mass is 16.6. The smallest absolute Gasteiger partial charge is 0.410 e. The fraction of sp³-hybridized carbons (Fsp3) is 0.596. The molecule has 774 valence electrons. The first-order chi connectivity index (χ1) is 68.1. The number of anilines is 2. The van der Waals surface area contributed by atoms with E-state index in [-0.39, 0.29) is 81.6 Å². The minimum absolute atomic E-state index is 0.000531. The molecule has 6 fully saturated rings. The molecule has 0 bridgehead atoms. The van der Waals surface area contributed by atoms with Gasteiger partial charge in [0.1, 0.15) is 81.9 Å². The van der Waals surface area contributed by atoms with Crippen molar-refractivity contribution in [3.05, 3.63) is 143 Å². The Morgan fingerprint density at radius 3 is 1.21 bits per heavy atom. The van der Waals surface area contributed by atoms with Gasteiger partial charge >= 0.3 is 42.4 Å². The summed E-state index contributed by atoms with van der Waals surface area (Å²) in [5.74, 6) is -6.00. The number of allylic oxidation sites excluding steroid dienone is 3. The lowest BCUT2D eigenvalue weighted by Gasteiger charge is -2.30. The molecule has 143 heavy (non-hydrogen) atoms. The van der Waals surface area contributed by atoms with E-state index in [1.54, 1.807) is 79.0 Å². The molecule has 12 aliphatic rings. The van der Waals surface area contributed by atoms with Crippen molar-refractivity contribution in [1.29, 1.82) is 0 Å². The monoisotopic (exact) mass is 1990 g/mol. The number of aromatic nitrogens is 8. The number of carbonyl (C=O) groups is 14. The average molecular weight is 1990 g/mol. The number of aliphatic hydroxyl groups is 1. The van der Waals surface area contributed by atoms with Crippen LogP contribution in [0.25, 0.3) is 0 Å². The molecule has 44 heteroatoms. The van der Waals surface area contributed by atoms with Crippen molar-refractivity contribution < 1.29 is 106 Å². The number of aliphatic hydroxyl groups excluding tert-OH is 1. The number of hydrogen-bond donors (Lipinski definition) is 13. The maximum absolute atomic E-state index is 14.3. The second-order valence-corrected chi connectivity index (χ2v) is 41.1. The number of esters is 1. The highest BCUT2D eigenvalue weighted by Crippen LogP contribution is 2.49. The molecular formula is C99H136N22O22. The lowest BCUT2D eigenvalue weighted by molar-refractivity contribution is -0.150. The summed E-state index contributed by atoms with van der Waals surface area (Å²) in [5.41, 5.74) is 5.77. The van der Waals surface area contributed by atoms with Crippen LogP contribution in [0.5, 0.6) is 0 Å². The van der Waals surface area contributed by atoms with Crippen LogP contribution in [0.2, 0.25) is 0 Å². The van der Waals surface area contributed by atoms with E-state index in [1.807, 2.05) is 85.0 Å². The van der Waals surface area contributed by atoms with Crippen LogP contribution in [0, 0.1) is 17.8 Å². The SMILES string of the molecule is CC(C)(C)OC(=O)N[C@H]1CCCCC/C=C\[C@@H]2C[C@@]2(C(=O)Nc2nn[nH]n2)NC(=O)[C@@H]2C[C@@H](OC(=O)N3Cc4ccccc4C3)CN2C1=O.CC(C)(C)OC(=O)N[C@H]1CCCCC/C=C\[C@@H]2C[C@@]2(C(=O)O)NC(=O)[C@@H]2C[C@@H](OC(=O)N3Cc4ccccc4C3)CN2C1=O.CCOC(=O)[C@@]12C[C@H]1/C=C\CCCCC[C@H](NC(=O)OC(C)(C)C)C(=O)N1C[C@H](O)C[C@H]1C(=O)N2.Nc1nn[nH]n1.c1ccc2c(c1)CNC2. The minimum Gasteiger partial charge on any atom is -0.479 e. The second-order valence-electron chi connectivity index (χ2n) is 41.1. The van der Waals surface area contributed by atoms with E-state index in [4.69, 9.17) is 34.2 Å². The quantitative estimate of drug-likeness (QED) is 0.0359. The number of nitrogen functional groups attached to an aromatic ring is 1. The van der Waals surface area contributed by atoms with Crippen molar-refractivity contribution >= 4 is 95.7 Å². The summed E-state index contributed by atoms with van der Waals surface area (Å²) < 4.78 is 33.2. The summed E-state index contributed by atoms with van der Waals surface area (Å²) in [6.07, 6.45) is 17.2. The summed E-state index contributed by atoms with van der Waals surface area (Å²) in [4.78, 5) is 193. The Labute approximate surface area is 829 Å². The number of aromatic amines is 2. The number of carbonyl (C=O) groups excluding carboxylic acids is 13. The molecule has 3 aromatic carbocycles. The third kappa shape index (κ3) is 28.7. The van der Waals surface area contributed by atoms with Gasteiger partial charge in [-0.1, -0.05) is 158 Å². The summed E-state index contributed by atoms with van der Waals surface area (Å²) in [5, 5.41) is 68.2. The first-order valence-corrected chi connectivity index (χ1v) is 49.4. The summed E-state index contributed by atoms with van der Waals surface area (Å²) >= 11 is 0. The molecule has 5 aromatic rings. The number of fused-ring (bicyclic) bond motifs is 9. The molecule has 44 nitrogen and oxygen atoms in total. The molecule has 11 heterocycles. The third-order valence-corrected chi connectivity index (χ3v) is 26.6. The van der Waals surface area contributed by atoms with Crippen molar-refractivity contribution in [1.82, 2.24) is 103 Å². The number of benzene rings is 3. The number of nitrogens with one attached hydrogen (secondary N) is 10. The summed E-state index contributed by atoms with van der Waals surface area (Å²) in [6, 6.07) is 18.0. The van der Waals surface area contributed by atoms with Gasteiger partial charge in [0, 0.05) is 82.8 Å². The van der Waals surface area contributed by atoms with Gasteiger partial charge in [0.05, 0.1) is 25.8 Å². The predicted octanol–water partition coefficient (Wildman–Crippen LogP) is 7.90. The molecule has 0 spiro atoms. The number of nitrogens with two attached hydrogens (primary N) is 1. The van der Waals surface area contributed by atoms with Gasteiger partial charge in [0.25, 0.3) is 17.8 Å². The number of tetrazole rings is 2. The van der Waals surface area contributed by atoms with Gasteiger partial charge in [0.2, 0.25) is 35.4 Å². The first kappa shape index (κ1) is 107. The van der Waals surface area contributed by atoms with Gasteiger partial charge in [-0.2, -0.15) is 10.4 Å². The van der Waals surface area contributed by atoms with Crippen LogP contribution in [0.1, 0.15) is 237 Å². The molecule has 15 atom stereocenters. The molecule has 0 unspecified atom stereocenters. The number of carboxylic acids is 1. The van der Waals surface area contributed by atoms with Crippen molar-refractivity contribution in [2.24, 2.45) is 17.8 Å². The minimum atomic E-state index is -1.45. The molecule has 0 radical (unpaired) electrons. The second kappa shape index (κ2) is 47.0. The van der Waals surface area contributed by atoms with Gasteiger partial charge < -0.3 is 96.3 Å². The fourth-order valence-electron chi connectivity index (χ4n) is 19.2. The van der Waals surface area contributed by atoms with Crippen LogP contribution in [0.3, 0.4) is 0 Å². The number of aliphatic carboxylic acids is 1. The Hall–Kier alpha value is -13.7. The maximum atomic E-state index is 14.3. The van der Waals surface area contributed by atoms with Crippen LogP contribution in [0.4, 0.5) is 35.9 Å². The zero-order chi connectivity index (χ0) is 103. The molecule has 9 aliphatic heterocycles. The molecule has 17 rings (SSSR count). The standard InChI is InChI=1S/C33H43N9O7.C32H42N4O8.C25H39N3O7.C8H9N.CH3N5/c1-32(2,3)49-30(46)34-24-14-8-6-4-5-7-13-22-16-33(22,28(45)35-29-37-39-40-38-29)36-26(43)25-15-23(19-42(25)27(24)44)48-31(47)41-17-20-11-9-10-12-21(20)18-41;1-31(2,3)44-29(41)33-24-14-8-6-4-5-7-13-22-16-32(22,28(39)40)34-26(37)25-15-23(19-36(25)27(24)38)43-30(42)35-17-20-11-9-10-12-21(20)18-35;1-5-34-22(32)25-14-16(25)11-9-7-6-8-10-12-18(26-23(33)35-24(2,3)4)21(31)28-15-17(29)13-19(28)20(30)27-25;1-2-4-8-6-9-5-7(8)3-1;2-1-3-5-6-4-1/h7,9-13,22-25H,4-6,8,14-19H2,1-3H3,(H,34,46)(H,36,43)(H2,35,37,38,39,40,45);7,9-13,22-25H,4-6,8,14-19H2,1-3H3,(H,33,41)(H,34,37)(H,39,40);9,11,16-19,29H,5-8,10,12-15H2,1-4H3,(H,26,33)(H,27,30);1-4,9H,5-6H2;(H3,2,3,4,5,6)/b2*13-7-;11-9-;;/t22-,23-,24+,25+,33-;22-,23-,24+,25+,32-;16-,17-,18+,19+,25-;;/m111../s1. The predicted molar refractivity (Wildman–Crippen MR) is 514 cm³/mol. The number of amides is 12. The highest BCUT2D eigenvalue weighted by molar-refractivity contribution is 6.04. The number of nitrogens with zero attached hydrogens (tertiary/aromatic N) is 11. The maximum Gasteiger partial charge on any atom is 0.410 e. The third-order valence-electron chi connectivity index (χ3n) is 26.6. The van der Waals surface area contributed by atoms with Crippen LogP contribution in [-0.2, 0) is 111 Å². The summed E-state index contributed by atoms with van der Waals surface area (Å²) in [7, 11) is 0. The van der Waals surface area contributed by atoms with Gasteiger partial charge in [-0.15, -0.1) is 10.2 Å². The number of hydrogen-bond acceptors (Lipinski definition) is 29. The molecule has 3 saturated heterocycles. The van der Waals surface area contributed by atoms with Crippen molar-refractivity contribution in [2.75, 3.05) is 37.3 Å². The largest absolute Gasteiger partial charge is 0.479 e. The lowest BCUT2D eigenvalue weighted by Crippen LogP contribution is -2.57. The molecule has 2 aromatic heterocycles. The molecule has 14 N–H and O–H groups in total. The zero-order valence-electron chi connectivity index (χ0n) is 82.8. The van der Waals surface area contributed by atoms with Crippen LogP contribution >= 0.6 is 0 Å². The number of rotatable bonds is 10. The van der Waals surface area contributed by atoms with E-state index >= 15 is 0 Å². The molecule has 12 amide bonds. The van der Waals surface area contributed by atoms with Gasteiger partial charge in [0.15, 0.2) is 0 Å².